The molecule has 0 radical (unpaired) electrons. The van der Waals surface area contributed by atoms with Gasteiger partial charge >= 0.3 is 0 Å². The SMILES string of the molecule is Cc1ccc(Cn2c(-c3ccc(Oc4ccccc4)cc3)cc3cccc(Cl)c3c2=O)o1. The van der Waals surface area contributed by atoms with E-state index in [0.717, 1.165) is 33.9 Å². The van der Waals surface area contributed by atoms with E-state index in [0.29, 0.717) is 22.7 Å². The Morgan fingerprint density at radius 3 is 2.34 bits per heavy atom. The van der Waals surface area contributed by atoms with Gasteiger partial charge in [-0.25, -0.2) is 0 Å². The van der Waals surface area contributed by atoms with Crippen molar-refractivity contribution in [2.24, 2.45) is 0 Å². The predicted molar refractivity (Wildman–Crippen MR) is 128 cm³/mol. The van der Waals surface area contributed by atoms with Crippen molar-refractivity contribution >= 4 is 22.4 Å². The highest BCUT2D eigenvalue weighted by Crippen LogP contribution is 2.29. The van der Waals surface area contributed by atoms with E-state index in [1.165, 1.54) is 0 Å². The van der Waals surface area contributed by atoms with Gasteiger partial charge in [0.05, 0.1) is 22.6 Å². The molecule has 0 atom stereocenters. The van der Waals surface area contributed by atoms with Gasteiger partial charge in [0.1, 0.15) is 23.0 Å². The number of fused-ring (bicyclic) bond motifs is 1. The van der Waals surface area contributed by atoms with Gasteiger partial charge in [0, 0.05) is 0 Å². The van der Waals surface area contributed by atoms with Crippen molar-refractivity contribution in [3.05, 3.63) is 118 Å². The minimum atomic E-state index is -0.151. The van der Waals surface area contributed by atoms with Crippen LogP contribution < -0.4 is 10.3 Å². The van der Waals surface area contributed by atoms with Crippen molar-refractivity contribution in [2.75, 3.05) is 0 Å². The summed E-state index contributed by atoms with van der Waals surface area (Å²) in [7, 11) is 0. The molecule has 0 saturated carbocycles. The predicted octanol–water partition coefficient (Wildman–Crippen LogP) is 7.06. The number of para-hydroxylation sites is 1. The molecular weight excluding hydrogens is 422 g/mol. The topological polar surface area (TPSA) is 44.4 Å². The second-order valence-electron chi connectivity index (χ2n) is 7.58. The number of halogens is 1. The molecule has 0 saturated heterocycles. The third kappa shape index (κ3) is 3.93. The molecule has 0 aliphatic heterocycles. The fourth-order valence-electron chi connectivity index (χ4n) is 3.80. The van der Waals surface area contributed by atoms with Crippen LogP contribution in [-0.2, 0) is 6.54 Å². The van der Waals surface area contributed by atoms with Crippen molar-refractivity contribution in [3.8, 4) is 22.8 Å². The van der Waals surface area contributed by atoms with E-state index in [4.69, 9.17) is 20.8 Å². The number of hydrogen-bond donors (Lipinski definition) is 0. The van der Waals surface area contributed by atoms with E-state index in [1.54, 1.807) is 10.6 Å². The fourth-order valence-corrected chi connectivity index (χ4v) is 4.06. The maximum atomic E-state index is 13.5. The number of nitrogens with zero attached hydrogens (tertiary/aromatic N) is 1. The Kier molecular flexibility index (Phi) is 5.29. The summed E-state index contributed by atoms with van der Waals surface area (Å²) < 4.78 is 13.4. The van der Waals surface area contributed by atoms with Crippen LogP contribution in [-0.4, -0.2) is 4.57 Å². The Morgan fingerprint density at radius 2 is 1.62 bits per heavy atom. The molecule has 0 fully saturated rings. The molecule has 4 nitrogen and oxygen atoms in total. The van der Waals surface area contributed by atoms with Crippen molar-refractivity contribution in [1.82, 2.24) is 4.57 Å². The summed E-state index contributed by atoms with van der Waals surface area (Å²) in [6.45, 7) is 2.20. The van der Waals surface area contributed by atoms with Gasteiger partial charge in [-0.15, -0.1) is 0 Å². The largest absolute Gasteiger partial charge is 0.464 e. The Hall–Kier alpha value is -3.76. The minimum Gasteiger partial charge on any atom is -0.464 e. The molecule has 0 N–H and O–H groups in total. The second kappa shape index (κ2) is 8.40. The summed E-state index contributed by atoms with van der Waals surface area (Å²) in [6, 6.07) is 28.6. The Bertz CT molecular complexity index is 1450. The summed E-state index contributed by atoms with van der Waals surface area (Å²) in [5.74, 6) is 3.00. The lowest BCUT2D eigenvalue weighted by Gasteiger charge is -2.15. The summed E-state index contributed by atoms with van der Waals surface area (Å²) in [6.07, 6.45) is 0. The van der Waals surface area contributed by atoms with E-state index < -0.39 is 0 Å². The zero-order chi connectivity index (χ0) is 22.1. The average molecular weight is 442 g/mol. The Morgan fingerprint density at radius 1 is 0.875 bits per heavy atom. The number of pyridine rings is 1. The summed E-state index contributed by atoms with van der Waals surface area (Å²) >= 11 is 6.38. The first-order valence-corrected chi connectivity index (χ1v) is 10.7. The average Bonchev–Trinajstić information content (AvgIpc) is 3.21. The quantitative estimate of drug-likeness (QED) is 0.293. The lowest BCUT2D eigenvalue weighted by molar-refractivity contribution is 0.468. The maximum Gasteiger partial charge on any atom is 0.260 e. The van der Waals surface area contributed by atoms with Crippen LogP contribution in [0.1, 0.15) is 11.5 Å². The monoisotopic (exact) mass is 441 g/mol. The fraction of sp³-hybridized carbons (Fsp3) is 0.0741. The molecule has 5 rings (SSSR count). The van der Waals surface area contributed by atoms with Crippen LogP contribution in [0.4, 0.5) is 0 Å². The first kappa shape index (κ1) is 20.2. The molecule has 0 bridgehead atoms. The van der Waals surface area contributed by atoms with E-state index in [2.05, 4.69) is 0 Å². The number of ether oxygens (including phenoxy) is 1. The number of hydrogen-bond acceptors (Lipinski definition) is 3. The Labute approximate surface area is 190 Å². The van der Waals surface area contributed by atoms with Gasteiger partial charge in [0.15, 0.2) is 0 Å². The van der Waals surface area contributed by atoms with Crippen molar-refractivity contribution in [2.45, 2.75) is 13.5 Å². The summed E-state index contributed by atoms with van der Waals surface area (Å²) in [5.41, 5.74) is 1.53. The molecule has 3 aromatic carbocycles. The first-order chi connectivity index (χ1) is 15.6. The molecule has 158 valence electrons. The molecule has 0 aliphatic carbocycles. The number of aromatic nitrogens is 1. The van der Waals surface area contributed by atoms with Gasteiger partial charge in [-0.3, -0.25) is 4.79 Å². The van der Waals surface area contributed by atoms with Crippen LogP contribution in [0.25, 0.3) is 22.0 Å². The lowest BCUT2D eigenvalue weighted by atomic mass is 10.1. The van der Waals surface area contributed by atoms with Crippen LogP contribution in [0.2, 0.25) is 5.02 Å². The number of rotatable bonds is 5. The first-order valence-electron chi connectivity index (χ1n) is 10.3. The molecule has 5 heteroatoms. The second-order valence-corrected chi connectivity index (χ2v) is 7.98. The highest BCUT2D eigenvalue weighted by molar-refractivity contribution is 6.35. The van der Waals surface area contributed by atoms with Crippen LogP contribution in [0.3, 0.4) is 0 Å². The molecule has 0 spiro atoms. The van der Waals surface area contributed by atoms with Crippen molar-refractivity contribution in [1.29, 1.82) is 0 Å². The molecule has 32 heavy (non-hydrogen) atoms. The standard InChI is InChI=1S/C27H20ClNO3/c1-18-10-13-23(31-18)17-29-25(16-20-6-5-9-24(28)26(20)27(29)30)19-11-14-22(15-12-19)32-21-7-3-2-4-8-21/h2-16H,17H2,1H3. The third-order valence-corrected chi connectivity index (χ3v) is 5.64. The Balaban J connectivity index is 1.60. The molecule has 0 amide bonds. The molecule has 2 heterocycles. The zero-order valence-corrected chi connectivity index (χ0v) is 18.2. The van der Waals surface area contributed by atoms with E-state index in [9.17, 15) is 4.79 Å². The molecular formula is C27H20ClNO3. The summed E-state index contributed by atoms with van der Waals surface area (Å²) in [5, 5.41) is 1.74. The van der Waals surface area contributed by atoms with E-state index in [-0.39, 0.29) is 5.56 Å². The number of aryl methyl sites for hydroxylation is 1. The zero-order valence-electron chi connectivity index (χ0n) is 17.4. The van der Waals surface area contributed by atoms with Gasteiger partial charge in [-0.1, -0.05) is 41.9 Å². The van der Waals surface area contributed by atoms with Crippen LogP contribution in [0.15, 0.2) is 100 Å². The normalized spacial score (nSPS) is 11.1. The van der Waals surface area contributed by atoms with E-state index in [1.807, 2.05) is 91.9 Å². The van der Waals surface area contributed by atoms with Gasteiger partial charge in [-0.2, -0.15) is 0 Å². The molecule has 0 aliphatic rings. The highest BCUT2D eigenvalue weighted by Gasteiger charge is 2.15. The van der Waals surface area contributed by atoms with Crippen molar-refractivity contribution < 1.29 is 9.15 Å². The molecule has 2 aromatic heterocycles. The lowest BCUT2D eigenvalue weighted by Crippen LogP contribution is -2.22. The van der Waals surface area contributed by atoms with Gasteiger partial charge in [-0.05, 0) is 78.5 Å². The van der Waals surface area contributed by atoms with E-state index >= 15 is 0 Å². The number of furan rings is 1. The highest BCUT2D eigenvalue weighted by atomic mass is 35.5. The summed E-state index contributed by atoms with van der Waals surface area (Å²) in [4.78, 5) is 13.5. The molecule has 0 unspecified atom stereocenters. The minimum absolute atomic E-state index is 0.151. The van der Waals surface area contributed by atoms with Crippen molar-refractivity contribution in [3.63, 3.8) is 0 Å². The van der Waals surface area contributed by atoms with Gasteiger partial charge in [0.2, 0.25) is 0 Å². The van der Waals surface area contributed by atoms with Gasteiger partial charge < -0.3 is 13.7 Å². The van der Waals surface area contributed by atoms with Crippen LogP contribution in [0.5, 0.6) is 11.5 Å². The number of benzene rings is 3. The smallest absolute Gasteiger partial charge is 0.260 e. The van der Waals surface area contributed by atoms with Crippen LogP contribution >= 0.6 is 11.6 Å². The van der Waals surface area contributed by atoms with Gasteiger partial charge in [0.25, 0.3) is 5.56 Å². The third-order valence-electron chi connectivity index (χ3n) is 5.33. The van der Waals surface area contributed by atoms with Crippen LogP contribution in [0, 0.1) is 6.92 Å². The molecule has 5 aromatic rings. The maximum absolute atomic E-state index is 13.5.